The number of carboxylic acid groups (broad SMARTS) is 1. The van der Waals surface area contributed by atoms with Crippen LogP contribution >= 0.6 is 11.6 Å². The van der Waals surface area contributed by atoms with Crippen LogP contribution in [0.4, 0.5) is 5.69 Å². The first kappa shape index (κ1) is 19.5. The Morgan fingerprint density at radius 2 is 1.76 bits per heavy atom. The van der Waals surface area contributed by atoms with Gasteiger partial charge in [-0.25, -0.2) is 0 Å². The van der Waals surface area contributed by atoms with Crippen LogP contribution in [0.2, 0.25) is 5.02 Å². The summed E-state index contributed by atoms with van der Waals surface area (Å²) in [4.78, 5) is 23.9. The van der Waals surface area contributed by atoms with Gasteiger partial charge in [-0.15, -0.1) is 0 Å². The number of carbonyl (C=O) groups excluding carboxylic acids is 1. The third-order valence-electron chi connectivity index (χ3n) is 5.91. The highest BCUT2D eigenvalue weighted by atomic mass is 35.5. The molecule has 0 unspecified atom stereocenters. The lowest BCUT2D eigenvalue weighted by Gasteiger charge is -2.26. The fraction of sp³-hybridized carbons (Fsp3) is 0.304. The lowest BCUT2D eigenvalue weighted by Crippen LogP contribution is -2.20. The molecule has 1 aromatic heterocycles. The zero-order chi connectivity index (χ0) is 20.5. The molecule has 1 amide bonds. The molecule has 29 heavy (non-hydrogen) atoms. The van der Waals surface area contributed by atoms with E-state index in [-0.39, 0.29) is 11.8 Å². The summed E-state index contributed by atoms with van der Waals surface area (Å²) in [5, 5.41) is 13.5. The molecule has 0 aliphatic heterocycles. The zero-order valence-electron chi connectivity index (χ0n) is 16.2. The lowest BCUT2D eigenvalue weighted by molar-refractivity contribution is -0.142. The number of aryl methyl sites for hydroxylation is 1. The van der Waals surface area contributed by atoms with Crippen molar-refractivity contribution in [3.8, 4) is 0 Å². The lowest BCUT2D eigenvalue weighted by atomic mass is 9.79. The Bertz CT molecular complexity index is 1060. The van der Waals surface area contributed by atoms with E-state index in [1.54, 1.807) is 0 Å². The van der Waals surface area contributed by atoms with Crippen LogP contribution in [0, 0.1) is 5.92 Å². The number of fused-ring (bicyclic) bond motifs is 1. The molecule has 150 valence electrons. The number of carbonyl (C=O) groups is 2. The summed E-state index contributed by atoms with van der Waals surface area (Å²) in [6.07, 6.45) is 5.04. The minimum atomic E-state index is -0.684. The molecule has 1 aliphatic carbocycles. The monoisotopic (exact) mass is 410 g/mol. The average molecular weight is 411 g/mol. The van der Waals surface area contributed by atoms with Gasteiger partial charge in [0.05, 0.1) is 11.5 Å². The topological polar surface area (TPSA) is 71.3 Å². The summed E-state index contributed by atoms with van der Waals surface area (Å²) in [6, 6.07) is 13.4. The van der Waals surface area contributed by atoms with E-state index >= 15 is 0 Å². The SMILES string of the molecule is Cn1cc(C(=O)Nc2ccc([C@H]3CC[C@@H](C(=O)O)CC3)cc2)c2cc(Cl)ccc21. The Hall–Kier alpha value is -2.79. The van der Waals surface area contributed by atoms with Crippen LogP contribution in [0.3, 0.4) is 0 Å². The summed E-state index contributed by atoms with van der Waals surface area (Å²) in [5.41, 5.74) is 3.47. The number of hydrogen-bond donors (Lipinski definition) is 2. The van der Waals surface area contributed by atoms with E-state index in [4.69, 9.17) is 16.7 Å². The van der Waals surface area contributed by atoms with Crippen LogP contribution in [0.5, 0.6) is 0 Å². The summed E-state index contributed by atoms with van der Waals surface area (Å²) in [7, 11) is 1.90. The van der Waals surface area contributed by atoms with Crippen LogP contribution < -0.4 is 5.32 Å². The maximum atomic E-state index is 12.8. The molecule has 2 aromatic carbocycles. The molecule has 5 nitrogen and oxygen atoms in total. The van der Waals surface area contributed by atoms with Gasteiger partial charge in [0.15, 0.2) is 0 Å². The predicted octanol–water partition coefficient (Wildman–Crippen LogP) is 5.44. The molecule has 0 bridgehead atoms. The molecular weight excluding hydrogens is 388 g/mol. The second-order valence-electron chi connectivity index (χ2n) is 7.78. The van der Waals surface area contributed by atoms with Gasteiger partial charge in [0.2, 0.25) is 0 Å². The standard InChI is InChI=1S/C23H23ClN2O3/c1-26-13-20(19-12-17(24)8-11-21(19)26)22(27)25-18-9-6-15(7-10-18)14-2-4-16(5-3-14)23(28)29/h6-14,16H,2-5H2,1H3,(H,25,27)(H,28,29)/t14-,16+. The van der Waals surface area contributed by atoms with E-state index in [0.29, 0.717) is 16.5 Å². The number of carboxylic acids is 1. The predicted molar refractivity (Wildman–Crippen MR) is 115 cm³/mol. The van der Waals surface area contributed by atoms with Crippen LogP contribution in [0.15, 0.2) is 48.7 Å². The molecule has 4 rings (SSSR count). The molecule has 3 aromatic rings. The molecule has 1 saturated carbocycles. The second-order valence-corrected chi connectivity index (χ2v) is 8.21. The van der Waals surface area contributed by atoms with Crippen molar-refractivity contribution in [3.05, 3.63) is 64.8 Å². The highest BCUT2D eigenvalue weighted by Gasteiger charge is 2.26. The Balaban J connectivity index is 1.46. The van der Waals surface area contributed by atoms with Gasteiger partial charge in [-0.1, -0.05) is 23.7 Å². The summed E-state index contributed by atoms with van der Waals surface area (Å²) >= 11 is 6.11. The summed E-state index contributed by atoms with van der Waals surface area (Å²) < 4.78 is 1.91. The van der Waals surface area contributed by atoms with Crippen molar-refractivity contribution in [2.75, 3.05) is 5.32 Å². The number of aromatic nitrogens is 1. The maximum Gasteiger partial charge on any atom is 0.306 e. The van der Waals surface area contributed by atoms with Gasteiger partial charge in [-0.3, -0.25) is 9.59 Å². The summed E-state index contributed by atoms with van der Waals surface area (Å²) in [6.45, 7) is 0. The first-order chi connectivity index (χ1) is 13.9. The Morgan fingerprint density at radius 3 is 2.41 bits per heavy atom. The molecule has 1 aliphatic rings. The molecule has 0 radical (unpaired) electrons. The quantitative estimate of drug-likeness (QED) is 0.601. The molecule has 6 heteroatoms. The van der Waals surface area contributed by atoms with Gasteiger partial charge >= 0.3 is 5.97 Å². The molecule has 0 saturated heterocycles. The molecular formula is C23H23ClN2O3. The number of anilines is 1. The van der Waals surface area contributed by atoms with Crippen molar-refractivity contribution in [2.45, 2.75) is 31.6 Å². The van der Waals surface area contributed by atoms with Crippen molar-refractivity contribution in [1.29, 1.82) is 0 Å². The van der Waals surface area contributed by atoms with Crippen molar-refractivity contribution in [2.24, 2.45) is 13.0 Å². The average Bonchev–Trinajstić information content (AvgIpc) is 3.04. The van der Waals surface area contributed by atoms with E-state index in [1.807, 2.05) is 60.3 Å². The summed E-state index contributed by atoms with van der Waals surface area (Å²) in [5.74, 6) is -0.682. The van der Waals surface area contributed by atoms with Crippen LogP contribution in [0.1, 0.15) is 47.5 Å². The third kappa shape index (κ3) is 4.01. The van der Waals surface area contributed by atoms with Gasteiger partial charge < -0.3 is 15.0 Å². The van der Waals surface area contributed by atoms with E-state index in [0.717, 1.165) is 42.3 Å². The van der Waals surface area contributed by atoms with Gasteiger partial charge in [0, 0.05) is 34.9 Å². The fourth-order valence-corrected chi connectivity index (χ4v) is 4.43. The Kier molecular flexibility index (Phi) is 5.33. The smallest absolute Gasteiger partial charge is 0.306 e. The maximum absolute atomic E-state index is 12.8. The minimum Gasteiger partial charge on any atom is -0.481 e. The molecule has 2 N–H and O–H groups in total. The van der Waals surface area contributed by atoms with Crippen molar-refractivity contribution in [3.63, 3.8) is 0 Å². The number of nitrogens with one attached hydrogen (secondary N) is 1. The fourth-order valence-electron chi connectivity index (χ4n) is 4.26. The van der Waals surface area contributed by atoms with Gasteiger partial charge in [-0.2, -0.15) is 0 Å². The van der Waals surface area contributed by atoms with Crippen molar-refractivity contribution in [1.82, 2.24) is 4.57 Å². The largest absolute Gasteiger partial charge is 0.481 e. The number of hydrogen-bond acceptors (Lipinski definition) is 2. The first-order valence-corrected chi connectivity index (χ1v) is 10.2. The number of benzene rings is 2. The molecule has 0 atom stereocenters. The highest BCUT2D eigenvalue weighted by Crippen LogP contribution is 2.36. The first-order valence-electron chi connectivity index (χ1n) is 9.81. The van der Waals surface area contributed by atoms with Crippen molar-refractivity contribution < 1.29 is 14.7 Å². The van der Waals surface area contributed by atoms with Crippen molar-refractivity contribution >= 4 is 40.1 Å². The third-order valence-corrected chi connectivity index (χ3v) is 6.15. The zero-order valence-corrected chi connectivity index (χ0v) is 16.9. The number of nitrogens with zero attached hydrogens (tertiary/aromatic N) is 1. The number of amides is 1. The molecule has 1 fully saturated rings. The van der Waals surface area contributed by atoms with Crippen LogP contribution in [0.25, 0.3) is 10.9 Å². The van der Waals surface area contributed by atoms with Gasteiger partial charge in [0.1, 0.15) is 0 Å². The van der Waals surface area contributed by atoms with Gasteiger partial charge in [0.25, 0.3) is 5.91 Å². The normalized spacial score (nSPS) is 19.2. The van der Waals surface area contributed by atoms with E-state index in [9.17, 15) is 9.59 Å². The number of halogens is 1. The highest BCUT2D eigenvalue weighted by molar-refractivity contribution is 6.31. The minimum absolute atomic E-state index is 0.174. The molecule has 0 spiro atoms. The Morgan fingerprint density at radius 1 is 1.07 bits per heavy atom. The number of rotatable bonds is 4. The van der Waals surface area contributed by atoms with Crippen LogP contribution in [-0.4, -0.2) is 21.6 Å². The molecule has 1 heterocycles. The van der Waals surface area contributed by atoms with Gasteiger partial charge in [-0.05, 0) is 67.5 Å². The van der Waals surface area contributed by atoms with E-state index in [2.05, 4.69) is 5.32 Å². The second kappa shape index (κ2) is 7.91. The number of aliphatic carboxylic acids is 1. The van der Waals surface area contributed by atoms with E-state index in [1.165, 1.54) is 5.56 Å². The van der Waals surface area contributed by atoms with Crippen LogP contribution in [-0.2, 0) is 11.8 Å². The Labute approximate surface area is 174 Å². The van der Waals surface area contributed by atoms with E-state index < -0.39 is 5.97 Å².